The molecule has 0 spiro atoms. The van der Waals surface area contributed by atoms with E-state index in [4.69, 9.17) is 0 Å². The molecule has 0 radical (unpaired) electrons. The fourth-order valence-corrected chi connectivity index (χ4v) is 9.05. The van der Waals surface area contributed by atoms with E-state index >= 15 is 0 Å². The van der Waals surface area contributed by atoms with Crippen LogP contribution in [0, 0.1) is 29.1 Å². The minimum atomic E-state index is -0.382. The molecule has 208 valence electrons. The largest absolute Gasteiger partial charge is 0.310 e. The lowest BCUT2D eigenvalue weighted by Gasteiger charge is -2.56. The van der Waals surface area contributed by atoms with E-state index in [0.717, 1.165) is 12.0 Å². The quantitative estimate of drug-likeness (QED) is 0.218. The van der Waals surface area contributed by atoms with Crippen molar-refractivity contribution in [2.75, 3.05) is 0 Å². The summed E-state index contributed by atoms with van der Waals surface area (Å²) in [6, 6.07) is 37.7. The Morgan fingerprint density at radius 2 is 1.60 bits per heavy atom. The van der Waals surface area contributed by atoms with Crippen LogP contribution in [-0.2, 0) is 11.8 Å². The maximum Gasteiger partial charge on any atom is 0.0991 e. The Hall–Kier alpha value is -4.87. The molecule has 1 aromatic heterocycles. The third kappa shape index (κ3) is 3.28. The van der Waals surface area contributed by atoms with Crippen molar-refractivity contribution in [3.05, 3.63) is 167 Å². The van der Waals surface area contributed by atoms with E-state index in [1.54, 1.807) is 0 Å². The van der Waals surface area contributed by atoms with Crippen LogP contribution in [0.3, 0.4) is 0 Å². The smallest absolute Gasteiger partial charge is 0.0991 e. The highest BCUT2D eigenvalue weighted by Crippen LogP contribution is 2.71. The minimum Gasteiger partial charge on any atom is -0.310 e. The third-order valence-corrected chi connectivity index (χ3v) is 10.8. The van der Waals surface area contributed by atoms with Crippen molar-refractivity contribution in [3.8, 4) is 11.8 Å². The van der Waals surface area contributed by atoms with Gasteiger partial charge in [-0.15, -0.1) is 0 Å². The van der Waals surface area contributed by atoms with Crippen LogP contribution in [0.25, 0.3) is 22.7 Å². The first-order valence-corrected chi connectivity index (χ1v) is 15.3. The van der Waals surface area contributed by atoms with Crippen LogP contribution >= 0.6 is 0 Å². The van der Waals surface area contributed by atoms with Crippen molar-refractivity contribution >= 4 is 17.0 Å². The molecule has 0 bridgehead atoms. The van der Waals surface area contributed by atoms with Crippen LogP contribution in [0.1, 0.15) is 58.8 Å². The van der Waals surface area contributed by atoms with Gasteiger partial charge in [0.25, 0.3) is 0 Å². The Morgan fingerprint density at radius 3 is 2.40 bits per heavy atom. The highest BCUT2D eigenvalue weighted by atomic mass is 15.0. The van der Waals surface area contributed by atoms with Gasteiger partial charge < -0.3 is 4.57 Å². The van der Waals surface area contributed by atoms with Gasteiger partial charge in [-0.3, -0.25) is 0 Å². The fraction of sp³-hybridized carbons (Fsp3) is 0.195. The second kappa shape index (κ2) is 9.06. The number of benzene rings is 4. The summed E-state index contributed by atoms with van der Waals surface area (Å²) in [6.45, 7) is 7.09. The summed E-state index contributed by atoms with van der Waals surface area (Å²) in [6.07, 6.45) is 15.0. The van der Waals surface area contributed by atoms with Crippen LogP contribution < -0.4 is 0 Å². The van der Waals surface area contributed by atoms with Crippen molar-refractivity contribution in [1.82, 2.24) is 4.57 Å². The van der Waals surface area contributed by atoms with E-state index in [1.807, 2.05) is 6.07 Å². The molecule has 0 saturated carbocycles. The molecule has 0 N–H and O–H groups in total. The highest BCUT2D eigenvalue weighted by molar-refractivity contribution is 5.91. The molecule has 0 aliphatic heterocycles. The van der Waals surface area contributed by atoms with E-state index < -0.39 is 0 Å². The van der Waals surface area contributed by atoms with Gasteiger partial charge in [0.05, 0.1) is 17.1 Å². The zero-order valence-corrected chi connectivity index (χ0v) is 24.9. The van der Waals surface area contributed by atoms with Crippen molar-refractivity contribution in [1.29, 1.82) is 5.26 Å². The molecular formula is C41H34N2. The summed E-state index contributed by atoms with van der Waals surface area (Å²) < 4.78 is 2.43. The zero-order chi connectivity index (χ0) is 29.4. The number of allylic oxidation sites excluding steroid dienone is 5. The molecular weight excluding hydrogens is 520 g/mol. The van der Waals surface area contributed by atoms with Crippen molar-refractivity contribution in [3.63, 3.8) is 0 Å². The molecule has 2 heteroatoms. The van der Waals surface area contributed by atoms with Crippen LogP contribution in [0.2, 0.25) is 0 Å². The maximum absolute atomic E-state index is 9.92. The molecule has 4 aromatic carbocycles. The number of hydrogen-bond acceptors (Lipinski definition) is 1. The average molecular weight is 555 g/mol. The average Bonchev–Trinajstić information content (AvgIpc) is 3.48. The van der Waals surface area contributed by atoms with E-state index in [0.29, 0.717) is 0 Å². The fourth-order valence-electron chi connectivity index (χ4n) is 9.05. The molecule has 4 atom stereocenters. The first-order chi connectivity index (χ1) is 20.9. The van der Waals surface area contributed by atoms with Gasteiger partial charge in [-0.2, -0.15) is 5.26 Å². The number of nitriles is 1. The van der Waals surface area contributed by atoms with Gasteiger partial charge in [0.2, 0.25) is 0 Å². The number of aromatic nitrogens is 1. The summed E-state index contributed by atoms with van der Waals surface area (Å²) in [4.78, 5) is 0. The minimum absolute atomic E-state index is 0.166. The van der Waals surface area contributed by atoms with Crippen LogP contribution in [0.5, 0.6) is 0 Å². The predicted octanol–water partition coefficient (Wildman–Crippen LogP) is 9.60. The topological polar surface area (TPSA) is 28.7 Å². The van der Waals surface area contributed by atoms with Gasteiger partial charge in [-0.25, -0.2) is 0 Å². The Bertz CT molecular complexity index is 2050. The van der Waals surface area contributed by atoms with Crippen molar-refractivity contribution in [2.45, 2.75) is 38.5 Å². The summed E-state index contributed by atoms with van der Waals surface area (Å²) in [5, 5.41) is 11.2. The lowest BCUT2D eigenvalue weighted by atomic mass is 9.45. The number of hydrogen-bond donors (Lipinski definition) is 0. The summed E-state index contributed by atoms with van der Waals surface area (Å²) in [7, 11) is 0. The molecule has 4 unspecified atom stereocenters. The Balaban J connectivity index is 1.45. The SMILES string of the molecule is Cc1ccc(C2(C3(C)C=Cc4c(c5ccccc5n4-c4ccccc4)C3)c3ccc(C#N)cc3C3C=CC=CC32C)cc1. The zero-order valence-electron chi connectivity index (χ0n) is 24.9. The normalized spacial score (nSPS) is 26.6. The van der Waals surface area contributed by atoms with Gasteiger partial charge >= 0.3 is 0 Å². The first-order valence-electron chi connectivity index (χ1n) is 15.3. The summed E-state index contributed by atoms with van der Waals surface area (Å²) in [5.74, 6) is 0.166. The lowest BCUT2D eigenvalue weighted by Crippen LogP contribution is -2.54. The van der Waals surface area contributed by atoms with Gasteiger partial charge in [0, 0.05) is 38.9 Å². The van der Waals surface area contributed by atoms with Gasteiger partial charge in [-0.1, -0.05) is 117 Å². The monoisotopic (exact) mass is 554 g/mol. The molecule has 1 heterocycles. The predicted molar refractivity (Wildman–Crippen MR) is 176 cm³/mol. The first kappa shape index (κ1) is 25.8. The van der Waals surface area contributed by atoms with Crippen molar-refractivity contribution in [2.24, 2.45) is 10.8 Å². The molecule has 0 fully saturated rings. The summed E-state index contributed by atoms with van der Waals surface area (Å²) >= 11 is 0. The van der Waals surface area contributed by atoms with E-state index in [9.17, 15) is 5.26 Å². The van der Waals surface area contributed by atoms with E-state index in [1.165, 1.54) is 50.1 Å². The Kier molecular flexibility index (Phi) is 5.44. The number of para-hydroxylation sites is 2. The third-order valence-electron chi connectivity index (χ3n) is 10.8. The molecule has 43 heavy (non-hydrogen) atoms. The lowest BCUT2D eigenvalue weighted by molar-refractivity contribution is 0.115. The molecule has 3 aliphatic rings. The Labute approximate surface area is 253 Å². The molecule has 0 saturated heterocycles. The molecule has 2 nitrogen and oxygen atoms in total. The molecule has 8 rings (SSSR count). The number of fused-ring (bicyclic) bond motifs is 6. The van der Waals surface area contributed by atoms with Gasteiger partial charge in [-0.05, 0) is 72.0 Å². The van der Waals surface area contributed by atoms with Gasteiger partial charge in [0.1, 0.15) is 0 Å². The Morgan fingerprint density at radius 1 is 0.837 bits per heavy atom. The molecule has 5 aromatic rings. The standard InChI is InChI=1S/C41H34N2/c1-28-16-19-30(20-17-28)41(36-21-18-29(27-42)25-33(36)35-14-9-10-23-40(35,41)3)39(2)24-22-38-34(26-39)32-13-7-8-15-37(32)43(38)31-11-5-4-6-12-31/h4-25,35H,26H2,1-3H3. The van der Waals surface area contributed by atoms with Crippen molar-refractivity contribution < 1.29 is 0 Å². The second-order valence-electron chi connectivity index (χ2n) is 13.0. The second-order valence-corrected chi connectivity index (χ2v) is 13.0. The summed E-state index contributed by atoms with van der Waals surface area (Å²) in [5.41, 5.74) is 10.1. The highest BCUT2D eigenvalue weighted by Gasteiger charge is 2.66. The van der Waals surface area contributed by atoms with Crippen LogP contribution in [0.15, 0.2) is 127 Å². The van der Waals surface area contributed by atoms with Gasteiger partial charge in [0.15, 0.2) is 0 Å². The van der Waals surface area contributed by atoms with Crippen LogP contribution in [-0.4, -0.2) is 4.57 Å². The molecule has 3 aliphatic carbocycles. The number of aryl methyl sites for hydroxylation is 1. The molecule has 0 amide bonds. The van der Waals surface area contributed by atoms with Crippen LogP contribution in [0.4, 0.5) is 0 Å². The van der Waals surface area contributed by atoms with E-state index in [2.05, 4.69) is 159 Å². The maximum atomic E-state index is 9.92. The number of nitrogens with zero attached hydrogens (tertiary/aromatic N) is 2. The van der Waals surface area contributed by atoms with E-state index in [-0.39, 0.29) is 22.2 Å². The number of rotatable bonds is 3.